The van der Waals surface area contributed by atoms with E-state index in [1.165, 1.54) is 12.1 Å². The zero-order valence-electron chi connectivity index (χ0n) is 15.8. The van der Waals surface area contributed by atoms with Gasteiger partial charge in [0, 0.05) is 12.0 Å². The van der Waals surface area contributed by atoms with Crippen LogP contribution in [0.15, 0.2) is 57.3 Å². The smallest absolute Gasteiger partial charge is 0.452 e. The van der Waals surface area contributed by atoms with Gasteiger partial charge >= 0.3 is 12.1 Å². The summed E-state index contributed by atoms with van der Waals surface area (Å²) in [6.45, 7) is 1.64. The Bertz CT molecular complexity index is 1240. The second-order valence-electron chi connectivity index (χ2n) is 7.15. The topological polar surface area (TPSA) is 110 Å². The van der Waals surface area contributed by atoms with Gasteiger partial charge < -0.3 is 9.63 Å². The highest BCUT2D eigenvalue weighted by atomic mass is 32.2. The van der Waals surface area contributed by atoms with Crippen LogP contribution in [0.2, 0.25) is 0 Å². The third kappa shape index (κ3) is 3.64. The molecule has 2 aromatic heterocycles. The lowest BCUT2D eigenvalue weighted by molar-refractivity contribution is -0.155. The van der Waals surface area contributed by atoms with Crippen molar-refractivity contribution in [3.63, 3.8) is 0 Å². The summed E-state index contributed by atoms with van der Waals surface area (Å²) in [7, 11) is -4.28. The Kier molecular flexibility index (Phi) is 4.98. The van der Waals surface area contributed by atoms with Crippen molar-refractivity contribution >= 4 is 27.3 Å². The molecule has 2 heterocycles. The Morgan fingerprint density at radius 1 is 1.23 bits per heavy atom. The van der Waals surface area contributed by atoms with Gasteiger partial charge in [0.25, 0.3) is 10.0 Å². The summed E-state index contributed by atoms with van der Waals surface area (Å²) in [5.74, 6) is -3.68. The van der Waals surface area contributed by atoms with Crippen LogP contribution >= 0.6 is 11.3 Å². The highest BCUT2D eigenvalue weighted by Crippen LogP contribution is 2.58. The number of carboxylic acids is 1. The maximum atomic E-state index is 12.9. The Labute approximate surface area is 178 Å². The van der Waals surface area contributed by atoms with Crippen molar-refractivity contribution in [3.8, 4) is 10.6 Å². The molecule has 0 saturated heterocycles. The lowest BCUT2D eigenvalue weighted by atomic mass is 10.1. The zero-order chi connectivity index (χ0) is 22.6. The van der Waals surface area contributed by atoms with Crippen molar-refractivity contribution in [2.45, 2.75) is 28.8 Å². The molecule has 0 spiro atoms. The van der Waals surface area contributed by atoms with E-state index < -0.39 is 45.3 Å². The fraction of sp³-hybridized carbons (Fsp3) is 0.263. The Balaban J connectivity index is 1.62. The lowest BCUT2D eigenvalue weighted by Gasteiger charge is -2.15. The average molecular weight is 472 g/mol. The highest BCUT2D eigenvalue weighted by Gasteiger charge is 2.70. The molecule has 1 fully saturated rings. The molecular formula is C19H15F3N2O5S2. The van der Waals surface area contributed by atoms with Gasteiger partial charge in [0.2, 0.25) is 5.76 Å². The van der Waals surface area contributed by atoms with Gasteiger partial charge in [-0.1, -0.05) is 42.4 Å². The Morgan fingerprint density at radius 2 is 1.90 bits per heavy atom. The SMILES string of the molecule is C[C@H]1C(c2ccccc2)[C@]1(NS(=O)(=O)c1ccc(-c2cc(C(F)(F)F)on2)s1)C(=O)O. The average Bonchev–Trinajstić information content (AvgIpc) is 3.13. The van der Waals surface area contributed by atoms with Crippen LogP contribution < -0.4 is 4.72 Å². The molecule has 1 aliphatic carbocycles. The fourth-order valence-corrected chi connectivity index (χ4v) is 6.42. The van der Waals surface area contributed by atoms with Crippen LogP contribution in [0.4, 0.5) is 13.2 Å². The van der Waals surface area contributed by atoms with Gasteiger partial charge in [-0.15, -0.1) is 11.3 Å². The quantitative estimate of drug-likeness (QED) is 0.562. The maximum Gasteiger partial charge on any atom is 0.452 e. The van der Waals surface area contributed by atoms with Crippen molar-refractivity contribution in [3.05, 3.63) is 59.9 Å². The minimum absolute atomic E-state index is 0.132. The number of thiophene rings is 1. The molecule has 1 saturated carbocycles. The number of rotatable bonds is 6. The van der Waals surface area contributed by atoms with Gasteiger partial charge in [0.15, 0.2) is 0 Å². The van der Waals surface area contributed by atoms with Gasteiger partial charge in [-0.3, -0.25) is 4.79 Å². The summed E-state index contributed by atoms with van der Waals surface area (Å²) in [4.78, 5) is 12.2. The molecular weight excluding hydrogens is 457 g/mol. The number of aliphatic carboxylic acids is 1. The third-order valence-electron chi connectivity index (χ3n) is 5.30. The largest absolute Gasteiger partial charge is 0.480 e. The van der Waals surface area contributed by atoms with Gasteiger partial charge in [0.05, 0.1) is 4.88 Å². The number of nitrogens with one attached hydrogen (secondary N) is 1. The summed E-state index contributed by atoms with van der Waals surface area (Å²) in [6.07, 6.45) is -4.72. The molecule has 31 heavy (non-hydrogen) atoms. The summed E-state index contributed by atoms with van der Waals surface area (Å²) in [5.41, 5.74) is -1.20. The molecule has 0 aliphatic heterocycles. The normalized spacial score (nSPS) is 23.6. The van der Waals surface area contributed by atoms with Gasteiger partial charge in [-0.25, -0.2) is 8.42 Å². The van der Waals surface area contributed by atoms with Crippen LogP contribution in [0, 0.1) is 5.92 Å². The summed E-state index contributed by atoms with van der Waals surface area (Å²) < 4.78 is 70.3. The van der Waals surface area contributed by atoms with E-state index >= 15 is 0 Å². The maximum absolute atomic E-state index is 12.9. The molecule has 0 bridgehead atoms. The van der Waals surface area contributed by atoms with Crippen molar-refractivity contribution in [1.29, 1.82) is 0 Å². The number of nitrogens with zero attached hydrogens (tertiary/aromatic N) is 1. The molecule has 3 aromatic rings. The molecule has 1 aliphatic rings. The molecule has 7 nitrogen and oxygen atoms in total. The van der Waals surface area contributed by atoms with Crippen LogP contribution in [0.1, 0.15) is 24.2 Å². The highest BCUT2D eigenvalue weighted by molar-refractivity contribution is 7.91. The zero-order valence-corrected chi connectivity index (χ0v) is 17.4. The van der Waals surface area contributed by atoms with E-state index in [0.29, 0.717) is 23.0 Å². The van der Waals surface area contributed by atoms with Gasteiger partial charge in [-0.2, -0.15) is 17.9 Å². The number of hydrogen-bond donors (Lipinski definition) is 2. The number of carbonyl (C=O) groups is 1. The second kappa shape index (κ2) is 7.18. The van der Waals surface area contributed by atoms with E-state index in [9.17, 15) is 31.5 Å². The van der Waals surface area contributed by atoms with E-state index in [1.807, 2.05) is 0 Å². The van der Waals surface area contributed by atoms with Crippen LogP contribution in [0.25, 0.3) is 10.6 Å². The molecule has 1 aromatic carbocycles. The first-order valence-corrected chi connectivity index (χ1v) is 11.2. The number of sulfonamides is 1. The third-order valence-corrected chi connectivity index (χ3v) is 8.39. The first-order chi connectivity index (χ1) is 14.5. The minimum Gasteiger partial charge on any atom is -0.480 e. The predicted octanol–water partition coefficient (Wildman–Crippen LogP) is 3.96. The predicted molar refractivity (Wildman–Crippen MR) is 104 cm³/mol. The van der Waals surface area contributed by atoms with E-state index in [-0.39, 0.29) is 14.8 Å². The van der Waals surface area contributed by atoms with E-state index in [4.69, 9.17) is 0 Å². The molecule has 3 atom stereocenters. The van der Waals surface area contributed by atoms with Crippen LogP contribution in [-0.4, -0.2) is 30.2 Å². The summed E-state index contributed by atoms with van der Waals surface area (Å²) >= 11 is 0.662. The number of carboxylic acid groups (broad SMARTS) is 1. The van der Waals surface area contributed by atoms with Gasteiger partial charge in [0.1, 0.15) is 15.4 Å². The van der Waals surface area contributed by atoms with Crippen molar-refractivity contribution in [2.24, 2.45) is 5.92 Å². The monoisotopic (exact) mass is 472 g/mol. The van der Waals surface area contributed by atoms with Crippen molar-refractivity contribution in [2.75, 3.05) is 0 Å². The number of benzene rings is 1. The summed E-state index contributed by atoms with van der Waals surface area (Å²) in [6, 6.07) is 11.8. The number of alkyl halides is 3. The standard InChI is InChI=1S/C19H15F3N2O5S2/c1-10-16(11-5-3-2-4-6-11)18(10,17(25)26)24-31(27,28)15-8-7-13(30-15)12-9-14(29-23-12)19(20,21)22/h2-10,16,24H,1H3,(H,25,26)/t10-,16?,18-/m0/s1. The van der Waals surface area contributed by atoms with Crippen molar-refractivity contribution < 1.29 is 36.0 Å². The fourth-order valence-electron chi connectivity index (χ4n) is 3.70. The molecule has 2 N–H and O–H groups in total. The lowest BCUT2D eigenvalue weighted by Crippen LogP contribution is -2.45. The van der Waals surface area contributed by atoms with Gasteiger partial charge in [-0.05, 0) is 23.6 Å². The Morgan fingerprint density at radius 3 is 2.48 bits per heavy atom. The number of hydrogen-bond acceptors (Lipinski definition) is 6. The molecule has 1 unspecified atom stereocenters. The van der Waals surface area contributed by atoms with E-state index in [0.717, 1.165) is 0 Å². The molecule has 12 heteroatoms. The van der Waals surface area contributed by atoms with Crippen LogP contribution in [-0.2, 0) is 21.0 Å². The van der Waals surface area contributed by atoms with Crippen molar-refractivity contribution in [1.82, 2.24) is 9.88 Å². The Hall–Kier alpha value is -2.70. The molecule has 0 radical (unpaired) electrons. The first-order valence-electron chi connectivity index (χ1n) is 8.93. The minimum atomic E-state index is -4.72. The first kappa shape index (κ1) is 21.5. The van der Waals surface area contributed by atoms with Crippen LogP contribution in [0.5, 0.6) is 0 Å². The number of aromatic nitrogens is 1. The summed E-state index contributed by atoms with van der Waals surface area (Å²) in [5, 5.41) is 13.2. The molecule has 0 amide bonds. The van der Waals surface area contributed by atoms with Crippen LogP contribution in [0.3, 0.4) is 0 Å². The van der Waals surface area contributed by atoms with E-state index in [2.05, 4.69) is 14.4 Å². The number of halogens is 3. The second-order valence-corrected chi connectivity index (χ2v) is 10.1. The molecule has 4 rings (SSSR count). The van der Waals surface area contributed by atoms with E-state index in [1.54, 1.807) is 37.3 Å². The molecule has 164 valence electrons.